The van der Waals surface area contributed by atoms with E-state index >= 15 is 0 Å². The zero-order chi connectivity index (χ0) is 18.3. The van der Waals surface area contributed by atoms with E-state index in [1.165, 1.54) is 6.07 Å². The van der Waals surface area contributed by atoms with Crippen LogP contribution in [-0.2, 0) is 6.42 Å². The molecule has 25 heavy (non-hydrogen) atoms. The van der Waals surface area contributed by atoms with E-state index in [-0.39, 0.29) is 27.6 Å². The van der Waals surface area contributed by atoms with Crippen molar-refractivity contribution in [2.24, 2.45) is 0 Å². The summed E-state index contributed by atoms with van der Waals surface area (Å²) >= 11 is 0. The third kappa shape index (κ3) is 2.67. The second-order valence-electron chi connectivity index (χ2n) is 5.54. The first-order valence-electron chi connectivity index (χ1n) is 7.46. The van der Waals surface area contributed by atoms with Crippen LogP contribution in [0.25, 0.3) is 21.9 Å². The Hall–Kier alpha value is -3.42. The van der Waals surface area contributed by atoms with Crippen LogP contribution in [0.1, 0.15) is 40.0 Å². The molecule has 0 saturated carbocycles. The molecule has 0 saturated heterocycles. The quantitative estimate of drug-likeness (QED) is 0.616. The van der Waals surface area contributed by atoms with Crippen LogP contribution >= 0.6 is 0 Å². The average Bonchev–Trinajstić information content (AvgIpc) is 2.55. The van der Waals surface area contributed by atoms with Crippen LogP contribution in [0.15, 0.2) is 32.2 Å². The van der Waals surface area contributed by atoms with Gasteiger partial charge in [0.15, 0.2) is 10.9 Å². The fraction of sp³-hybridized carbons (Fsp3) is 0.176. The highest BCUT2D eigenvalue weighted by atomic mass is 16.4. The molecule has 0 amide bonds. The number of hydrogen-bond donors (Lipinski definition) is 3. The maximum absolute atomic E-state index is 12.3. The summed E-state index contributed by atoms with van der Waals surface area (Å²) in [6, 6.07) is 3.09. The van der Waals surface area contributed by atoms with E-state index in [0.29, 0.717) is 18.4 Å². The highest BCUT2D eigenvalue weighted by Crippen LogP contribution is 2.26. The van der Waals surface area contributed by atoms with E-state index < -0.39 is 28.6 Å². The lowest BCUT2D eigenvalue weighted by atomic mass is 10.0. The molecule has 0 radical (unpaired) electrons. The van der Waals surface area contributed by atoms with Gasteiger partial charge in [-0.2, -0.15) is 0 Å². The number of carboxylic acids is 2. The molecule has 2 heterocycles. The van der Waals surface area contributed by atoms with Gasteiger partial charge in [-0.05, 0) is 12.5 Å². The molecule has 0 fully saturated rings. The standard InChI is InChI=1S/C17H13NO7/c1-2-3-7-14-8(11(19)5-10(18-14)16(21)22)4-9-12(20)6-13(17(23)24)25-15(7)9/h4-6H,2-3H2,1H3,(H,18,19)(H,21,22)(H,23,24). The number of carbonyl (C=O) groups is 2. The van der Waals surface area contributed by atoms with Crippen molar-refractivity contribution < 1.29 is 24.2 Å². The Morgan fingerprint density at radius 2 is 1.72 bits per heavy atom. The van der Waals surface area contributed by atoms with Crippen LogP contribution in [0.2, 0.25) is 0 Å². The molecule has 1 aromatic carbocycles. The Kier molecular flexibility index (Phi) is 3.88. The molecule has 0 unspecified atom stereocenters. The third-order valence-corrected chi connectivity index (χ3v) is 3.86. The summed E-state index contributed by atoms with van der Waals surface area (Å²) in [5.41, 5.74) is -0.768. The molecular weight excluding hydrogens is 330 g/mol. The number of pyridine rings is 1. The van der Waals surface area contributed by atoms with E-state index in [4.69, 9.17) is 14.6 Å². The van der Waals surface area contributed by atoms with Crippen molar-refractivity contribution in [3.05, 3.63) is 55.7 Å². The van der Waals surface area contributed by atoms with Crippen molar-refractivity contribution in [3.8, 4) is 0 Å². The molecular formula is C17H13NO7. The smallest absolute Gasteiger partial charge is 0.371 e. The van der Waals surface area contributed by atoms with Gasteiger partial charge in [-0.15, -0.1) is 0 Å². The predicted octanol–water partition coefficient (Wildman–Crippen LogP) is 1.98. The Morgan fingerprint density at radius 1 is 1.04 bits per heavy atom. The Labute approximate surface area is 139 Å². The monoisotopic (exact) mass is 343 g/mol. The fourth-order valence-corrected chi connectivity index (χ4v) is 2.78. The van der Waals surface area contributed by atoms with Crippen molar-refractivity contribution in [3.63, 3.8) is 0 Å². The predicted molar refractivity (Wildman–Crippen MR) is 88.5 cm³/mol. The lowest BCUT2D eigenvalue weighted by Crippen LogP contribution is -2.13. The normalized spacial score (nSPS) is 11.1. The van der Waals surface area contributed by atoms with Gasteiger partial charge in [0.2, 0.25) is 5.76 Å². The molecule has 2 aromatic heterocycles. The average molecular weight is 343 g/mol. The molecule has 8 heteroatoms. The summed E-state index contributed by atoms with van der Waals surface area (Å²) in [5.74, 6) is -3.22. The number of aromatic nitrogens is 1. The van der Waals surface area contributed by atoms with Crippen LogP contribution in [0, 0.1) is 0 Å². The van der Waals surface area contributed by atoms with E-state index in [9.17, 15) is 19.2 Å². The van der Waals surface area contributed by atoms with Gasteiger partial charge in [-0.25, -0.2) is 9.59 Å². The van der Waals surface area contributed by atoms with Gasteiger partial charge < -0.3 is 19.6 Å². The number of rotatable bonds is 4. The van der Waals surface area contributed by atoms with Gasteiger partial charge in [-0.1, -0.05) is 13.3 Å². The highest BCUT2D eigenvalue weighted by molar-refractivity contribution is 6.00. The number of nitrogens with one attached hydrogen (secondary N) is 1. The summed E-state index contributed by atoms with van der Waals surface area (Å²) in [5, 5.41) is 18.5. The van der Waals surface area contributed by atoms with Crippen LogP contribution in [0.4, 0.5) is 0 Å². The highest BCUT2D eigenvalue weighted by Gasteiger charge is 2.19. The summed E-state index contributed by atoms with van der Waals surface area (Å²) < 4.78 is 5.37. The van der Waals surface area contributed by atoms with Crippen molar-refractivity contribution in [1.29, 1.82) is 0 Å². The lowest BCUT2D eigenvalue weighted by molar-refractivity contribution is 0.0660. The van der Waals surface area contributed by atoms with Crippen LogP contribution in [0.3, 0.4) is 0 Å². The third-order valence-electron chi connectivity index (χ3n) is 3.86. The fourth-order valence-electron chi connectivity index (χ4n) is 2.78. The zero-order valence-corrected chi connectivity index (χ0v) is 13.1. The number of H-pyrrole nitrogens is 1. The molecule has 3 rings (SSSR count). The van der Waals surface area contributed by atoms with E-state index in [1.54, 1.807) is 0 Å². The number of hydrogen-bond acceptors (Lipinski definition) is 5. The maximum atomic E-state index is 12.3. The molecule has 8 nitrogen and oxygen atoms in total. The minimum Gasteiger partial charge on any atom is -0.477 e. The molecule has 0 atom stereocenters. The Morgan fingerprint density at radius 3 is 2.32 bits per heavy atom. The summed E-state index contributed by atoms with van der Waals surface area (Å²) in [6.45, 7) is 1.85. The molecule has 0 bridgehead atoms. The van der Waals surface area contributed by atoms with Crippen LogP contribution < -0.4 is 10.9 Å². The SMILES string of the molecule is CCCc1c2[nH]c(C(=O)O)cc(=O)c2cc2c(=O)cc(C(=O)O)oc12. The first kappa shape index (κ1) is 16.4. The summed E-state index contributed by atoms with van der Waals surface area (Å²) in [6.07, 6.45) is 0.966. The number of aryl methyl sites for hydroxylation is 1. The minimum absolute atomic E-state index is 0.0393. The summed E-state index contributed by atoms with van der Waals surface area (Å²) in [7, 11) is 0. The molecule has 0 aliphatic carbocycles. The van der Waals surface area contributed by atoms with Crippen molar-refractivity contribution >= 4 is 33.8 Å². The second-order valence-corrected chi connectivity index (χ2v) is 5.54. The number of carboxylic acid groups (broad SMARTS) is 2. The van der Waals surface area contributed by atoms with Gasteiger partial charge in [0, 0.05) is 23.1 Å². The lowest BCUT2D eigenvalue weighted by Gasteiger charge is -2.10. The van der Waals surface area contributed by atoms with Crippen molar-refractivity contribution in [2.45, 2.75) is 19.8 Å². The molecule has 3 aromatic rings. The van der Waals surface area contributed by atoms with Gasteiger partial charge in [0.1, 0.15) is 11.3 Å². The van der Waals surface area contributed by atoms with E-state index in [0.717, 1.165) is 12.1 Å². The van der Waals surface area contributed by atoms with Gasteiger partial charge in [-0.3, -0.25) is 9.59 Å². The molecule has 0 aliphatic rings. The maximum Gasteiger partial charge on any atom is 0.371 e. The van der Waals surface area contributed by atoms with Crippen molar-refractivity contribution in [2.75, 3.05) is 0 Å². The Balaban J connectivity index is 2.57. The number of benzene rings is 1. The second kappa shape index (κ2) is 5.90. The first-order valence-corrected chi connectivity index (χ1v) is 7.46. The number of fused-ring (bicyclic) bond motifs is 2. The Bertz CT molecular complexity index is 1070. The zero-order valence-electron chi connectivity index (χ0n) is 13.1. The molecule has 128 valence electrons. The minimum atomic E-state index is -1.39. The van der Waals surface area contributed by atoms with E-state index in [1.807, 2.05) is 6.92 Å². The van der Waals surface area contributed by atoms with Gasteiger partial charge in [0.05, 0.1) is 10.9 Å². The number of aromatic carboxylic acids is 2. The van der Waals surface area contributed by atoms with Crippen LogP contribution in [0.5, 0.6) is 0 Å². The van der Waals surface area contributed by atoms with Crippen molar-refractivity contribution in [1.82, 2.24) is 4.98 Å². The van der Waals surface area contributed by atoms with Crippen LogP contribution in [-0.4, -0.2) is 27.1 Å². The molecule has 0 aliphatic heterocycles. The molecule has 0 spiro atoms. The first-order chi connectivity index (χ1) is 11.8. The topological polar surface area (TPSA) is 138 Å². The summed E-state index contributed by atoms with van der Waals surface area (Å²) in [4.78, 5) is 49.6. The van der Waals surface area contributed by atoms with Gasteiger partial charge in [0.25, 0.3) is 0 Å². The number of aromatic amines is 1. The van der Waals surface area contributed by atoms with Gasteiger partial charge >= 0.3 is 11.9 Å². The molecule has 3 N–H and O–H groups in total. The van der Waals surface area contributed by atoms with E-state index in [2.05, 4.69) is 4.98 Å². The largest absolute Gasteiger partial charge is 0.477 e.